The van der Waals surface area contributed by atoms with Gasteiger partial charge in [0.25, 0.3) is 12.4 Å². The summed E-state index contributed by atoms with van der Waals surface area (Å²) in [6, 6.07) is 0. The van der Waals surface area contributed by atoms with Gasteiger partial charge in [-0.1, -0.05) is 13.8 Å². The van der Waals surface area contributed by atoms with E-state index in [2.05, 4.69) is 9.18 Å². The van der Waals surface area contributed by atoms with Crippen LogP contribution >= 0.6 is 12.4 Å². The maximum atomic E-state index is 11.6. The van der Waals surface area contributed by atoms with Crippen LogP contribution in [0.25, 0.3) is 0 Å². The second-order valence-electron chi connectivity index (χ2n) is 2.97. The van der Waals surface area contributed by atoms with E-state index in [0.29, 0.717) is 0 Å². The molecule has 0 aromatic carbocycles. The van der Waals surface area contributed by atoms with Crippen LogP contribution in [0.2, 0.25) is 0 Å². The van der Waals surface area contributed by atoms with Crippen molar-refractivity contribution < 1.29 is 12.9 Å². The molecule has 0 aromatic heterocycles. The molecular weight excluding hydrogens is 207 g/mol. The molecule has 0 aromatic rings. The third-order valence-electron chi connectivity index (χ3n) is 1.31. The van der Waals surface area contributed by atoms with Gasteiger partial charge in [-0.15, -0.1) is 3.89 Å². The van der Waals surface area contributed by atoms with Gasteiger partial charge >= 0.3 is 5.97 Å². The molecule has 0 amide bonds. The van der Waals surface area contributed by atoms with Gasteiger partial charge in [0, 0.05) is 6.21 Å². The Morgan fingerprint density at radius 2 is 2.21 bits per heavy atom. The van der Waals surface area contributed by atoms with Gasteiger partial charge in [0.1, 0.15) is 5.82 Å². The average molecular weight is 220 g/mol. The highest BCUT2D eigenvalue weighted by Gasteiger charge is 2.10. The first-order valence-electron chi connectivity index (χ1n) is 3.99. The lowest BCUT2D eigenvalue weighted by atomic mass is 10.2. The molecule has 0 aliphatic heterocycles. The molecule has 0 radical (unpaired) electrons. The molecule has 0 saturated carbocycles. The zero-order valence-corrected chi connectivity index (χ0v) is 9.10. The second-order valence-corrected chi connectivity index (χ2v) is 3.26. The van der Waals surface area contributed by atoms with E-state index in [0.717, 1.165) is 0 Å². The van der Waals surface area contributed by atoms with Crippen molar-refractivity contribution in [3.05, 3.63) is 11.4 Å². The Morgan fingerprint density at radius 3 is 2.64 bits per heavy atom. The monoisotopic (exact) mass is 220 g/mol. The standard InChI is InChI=1S/C8H13FN2O2S/c1-5(2)4-11-7(10)6(3)8(12)13-14-9/h4-5H,10H2,1-3H3/b7-6+,11-4-. The Hall–Kier alpha value is -1.04. The van der Waals surface area contributed by atoms with E-state index in [1.54, 1.807) is 6.21 Å². The Bertz CT molecular complexity index is 264. The molecule has 14 heavy (non-hydrogen) atoms. The fourth-order valence-corrected chi connectivity index (χ4v) is 0.704. The average Bonchev–Trinajstić information content (AvgIpc) is 2.13. The number of hydrogen-bond acceptors (Lipinski definition) is 5. The molecule has 0 aliphatic carbocycles. The van der Waals surface area contributed by atoms with E-state index in [9.17, 15) is 8.68 Å². The maximum Gasteiger partial charge on any atom is 0.351 e. The van der Waals surface area contributed by atoms with Gasteiger partial charge in [0.15, 0.2) is 0 Å². The molecule has 0 rings (SSSR count). The molecule has 0 aliphatic rings. The molecule has 0 saturated heterocycles. The normalized spacial score (nSPS) is 13.2. The van der Waals surface area contributed by atoms with Crippen LogP contribution < -0.4 is 5.73 Å². The summed E-state index contributed by atoms with van der Waals surface area (Å²) < 4.78 is 15.6. The maximum absolute atomic E-state index is 11.6. The molecule has 4 nitrogen and oxygen atoms in total. The Morgan fingerprint density at radius 1 is 1.64 bits per heavy atom. The van der Waals surface area contributed by atoms with Crippen molar-refractivity contribution in [2.75, 3.05) is 0 Å². The zero-order valence-electron chi connectivity index (χ0n) is 8.28. The van der Waals surface area contributed by atoms with Crippen molar-refractivity contribution in [3.8, 4) is 0 Å². The molecule has 2 N–H and O–H groups in total. The van der Waals surface area contributed by atoms with Crippen LogP contribution in [0.4, 0.5) is 3.89 Å². The van der Waals surface area contributed by atoms with E-state index in [-0.39, 0.29) is 17.3 Å². The molecule has 0 spiro atoms. The summed E-state index contributed by atoms with van der Waals surface area (Å²) >= 11 is -0.511. The van der Waals surface area contributed by atoms with Crippen molar-refractivity contribution in [2.45, 2.75) is 20.8 Å². The number of aliphatic imine (C=N–C) groups is 1. The largest absolute Gasteiger partial charge is 0.383 e. The SMILES string of the molecule is C/C(C(=O)OSF)=C(N)\N=C/C(C)C. The van der Waals surface area contributed by atoms with Crippen molar-refractivity contribution >= 4 is 24.6 Å². The Labute approximate surface area is 86.9 Å². The van der Waals surface area contributed by atoms with Crippen LogP contribution in [0.15, 0.2) is 16.4 Å². The number of halogens is 1. The summed E-state index contributed by atoms with van der Waals surface area (Å²) in [5, 5.41) is 0. The topological polar surface area (TPSA) is 64.7 Å². The number of carbonyl (C=O) groups excluding carboxylic acids is 1. The molecule has 0 heterocycles. The Kier molecular flexibility index (Phi) is 5.94. The van der Waals surface area contributed by atoms with Crippen LogP contribution in [0.5, 0.6) is 0 Å². The molecule has 0 atom stereocenters. The summed E-state index contributed by atoms with van der Waals surface area (Å²) in [5.74, 6) is -0.554. The van der Waals surface area contributed by atoms with Crippen LogP contribution in [-0.4, -0.2) is 12.2 Å². The molecule has 0 fully saturated rings. The van der Waals surface area contributed by atoms with Crippen molar-refractivity contribution in [3.63, 3.8) is 0 Å². The summed E-state index contributed by atoms with van der Waals surface area (Å²) in [6.07, 6.45) is 1.59. The second kappa shape index (κ2) is 6.42. The molecule has 0 unspecified atom stereocenters. The fourth-order valence-electron chi connectivity index (χ4n) is 0.522. The van der Waals surface area contributed by atoms with Crippen LogP contribution in [0, 0.1) is 5.92 Å². The lowest BCUT2D eigenvalue weighted by Gasteiger charge is -2.00. The van der Waals surface area contributed by atoms with Gasteiger partial charge in [-0.25, -0.2) is 9.79 Å². The van der Waals surface area contributed by atoms with E-state index < -0.39 is 18.4 Å². The summed E-state index contributed by atoms with van der Waals surface area (Å²) in [7, 11) is 0. The minimum atomic E-state index is -0.823. The number of nitrogens with zero attached hydrogens (tertiary/aromatic N) is 1. The highest BCUT2D eigenvalue weighted by molar-refractivity contribution is 7.89. The number of carbonyl (C=O) groups is 1. The van der Waals surface area contributed by atoms with Crippen molar-refractivity contribution in [1.82, 2.24) is 0 Å². The zero-order chi connectivity index (χ0) is 11.1. The Balaban J connectivity index is 4.50. The van der Waals surface area contributed by atoms with Gasteiger partial charge in [0.05, 0.1) is 5.57 Å². The molecule has 0 bridgehead atoms. The molecule has 6 heteroatoms. The molecular formula is C8H13FN2O2S. The van der Waals surface area contributed by atoms with Crippen molar-refractivity contribution in [2.24, 2.45) is 16.6 Å². The number of rotatable bonds is 4. The minimum absolute atomic E-state index is 0.0396. The van der Waals surface area contributed by atoms with E-state index in [1.165, 1.54) is 6.92 Å². The quantitative estimate of drug-likeness (QED) is 0.447. The van der Waals surface area contributed by atoms with E-state index >= 15 is 0 Å². The lowest BCUT2D eigenvalue weighted by molar-refractivity contribution is -0.129. The predicted octanol–water partition coefficient (Wildman–Crippen LogP) is 1.98. The van der Waals surface area contributed by atoms with Gasteiger partial charge in [-0.05, 0) is 12.8 Å². The smallest absolute Gasteiger partial charge is 0.351 e. The van der Waals surface area contributed by atoms with Crippen LogP contribution in [0.3, 0.4) is 0 Å². The first-order valence-corrected chi connectivity index (χ1v) is 4.63. The van der Waals surface area contributed by atoms with E-state index in [1.807, 2.05) is 13.8 Å². The van der Waals surface area contributed by atoms with Gasteiger partial charge in [-0.2, -0.15) is 0 Å². The summed E-state index contributed by atoms with van der Waals surface area (Å²) in [5.41, 5.74) is 5.54. The number of hydrogen-bond donors (Lipinski definition) is 1. The first kappa shape index (κ1) is 13.0. The minimum Gasteiger partial charge on any atom is -0.383 e. The highest BCUT2D eigenvalue weighted by atomic mass is 32.2. The van der Waals surface area contributed by atoms with Gasteiger partial charge in [0.2, 0.25) is 0 Å². The summed E-state index contributed by atoms with van der Waals surface area (Å²) in [6.45, 7) is 5.26. The third-order valence-corrected chi connectivity index (χ3v) is 1.52. The molecule has 80 valence electrons. The van der Waals surface area contributed by atoms with Crippen molar-refractivity contribution in [1.29, 1.82) is 0 Å². The van der Waals surface area contributed by atoms with E-state index in [4.69, 9.17) is 5.73 Å². The van der Waals surface area contributed by atoms with Gasteiger partial charge in [-0.3, -0.25) is 0 Å². The number of nitrogens with two attached hydrogens (primary N) is 1. The third kappa shape index (κ3) is 4.86. The lowest BCUT2D eigenvalue weighted by Crippen LogP contribution is -2.08. The fraction of sp³-hybridized carbons (Fsp3) is 0.500. The summed E-state index contributed by atoms with van der Waals surface area (Å²) in [4.78, 5) is 14.8. The van der Waals surface area contributed by atoms with Gasteiger partial charge < -0.3 is 9.92 Å². The van der Waals surface area contributed by atoms with Crippen LogP contribution in [0.1, 0.15) is 20.8 Å². The first-order chi connectivity index (χ1) is 6.49. The van der Waals surface area contributed by atoms with Crippen LogP contribution in [-0.2, 0) is 8.98 Å². The predicted molar refractivity (Wildman–Crippen MR) is 55.0 cm³/mol. The highest BCUT2D eigenvalue weighted by Crippen LogP contribution is 2.10.